The molecule has 0 amide bonds. The molecule has 0 unspecified atom stereocenters. The lowest BCUT2D eigenvalue weighted by molar-refractivity contribution is -0.145. The quantitative estimate of drug-likeness (QED) is 0.473. The normalized spacial score (nSPS) is 9.95. The van der Waals surface area contributed by atoms with Gasteiger partial charge < -0.3 is 9.84 Å². The number of rotatable bonds is 7. The lowest BCUT2D eigenvalue weighted by Crippen LogP contribution is -2.15. The Morgan fingerprint density at radius 2 is 1.95 bits per heavy atom. The molecule has 5 heteroatoms. The highest BCUT2D eigenvalue weighted by molar-refractivity contribution is 5.91. The summed E-state index contributed by atoms with van der Waals surface area (Å²) < 4.78 is 5.17. The number of carbonyl (C=O) groups is 2. The maximum atomic E-state index is 11.5. The molecule has 0 aromatic heterocycles. The number of carbonyl (C=O) groups excluding carboxylic acids is 1. The highest BCUT2D eigenvalue weighted by Gasteiger charge is 2.16. The monoisotopic (exact) mass is 289 g/mol. The Kier molecular flexibility index (Phi) is 6.41. The molecule has 0 aliphatic heterocycles. The van der Waals surface area contributed by atoms with E-state index >= 15 is 0 Å². The summed E-state index contributed by atoms with van der Waals surface area (Å²) in [4.78, 5) is 22.1. The van der Waals surface area contributed by atoms with Gasteiger partial charge in [-0.25, -0.2) is 0 Å². The van der Waals surface area contributed by atoms with Crippen molar-refractivity contribution in [3.8, 4) is 11.8 Å². The summed E-state index contributed by atoms with van der Waals surface area (Å²) in [6, 6.07) is 5.66. The number of ether oxygens (including phenoxy) is 1. The molecular formula is C16H19NO4. The van der Waals surface area contributed by atoms with Crippen molar-refractivity contribution in [2.75, 3.05) is 0 Å². The van der Waals surface area contributed by atoms with E-state index < -0.39 is 18.4 Å². The van der Waals surface area contributed by atoms with Crippen molar-refractivity contribution in [1.29, 1.82) is 5.26 Å². The zero-order valence-electron chi connectivity index (χ0n) is 12.3. The highest BCUT2D eigenvalue weighted by Crippen LogP contribution is 2.28. The second kappa shape index (κ2) is 8.05. The average Bonchev–Trinajstić information content (AvgIpc) is 2.44. The number of nitriles is 1. The molecule has 1 aromatic carbocycles. The minimum atomic E-state index is -1.22. The van der Waals surface area contributed by atoms with Crippen molar-refractivity contribution < 1.29 is 19.4 Å². The van der Waals surface area contributed by atoms with Crippen LogP contribution in [0.4, 0.5) is 0 Å². The van der Waals surface area contributed by atoms with Crippen molar-refractivity contribution in [2.24, 2.45) is 0 Å². The maximum absolute atomic E-state index is 11.5. The summed E-state index contributed by atoms with van der Waals surface area (Å²) in [5.74, 6) is -1.66. The first-order chi connectivity index (χ1) is 10.0. The van der Waals surface area contributed by atoms with E-state index in [9.17, 15) is 9.59 Å². The number of benzene rings is 1. The largest absolute Gasteiger partial charge is 0.481 e. The van der Waals surface area contributed by atoms with Gasteiger partial charge in [0.15, 0.2) is 0 Å². The zero-order valence-corrected chi connectivity index (χ0v) is 12.3. The molecule has 21 heavy (non-hydrogen) atoms. The second-order valence-corrected chi connectivity index (χ2v) is 4.59. The molecular weight excluding hydrogens is 270 g/mol. The van der Waals surface area contributed by atoms with Gasteiger partial charge in [0, 0.05) is 6.42 Å². The van der Waals surface area contributed by atoms with Gasteiger partial charge in [-0.15, -0.1) is 0 Å². The Bertz CT molecular complexity index is 572. The van der Waals surface area contributed by atoms with E-state index in [-0.39, 0.29) is 0 Å². The Hall–Kier alpha value is -2.35. The third-order valence-corrected chi connectivity index (χ3v) is 3.23. The van der Waals surface area contributed by atoms with E-state index in [0.29, 0.717) is 18.6 Å². The van der Waals surface area contributed by atoms with E-state index in [1.807, 2.05) is 19.9 Å². The summed E-state index contributed by atoms with van der Waals surface area (Å²) in [7, 11) is 0. The molecule has 0 atom stereocenters. The standard InChI is InChI=1S/C16H19NO4/c1-3-11-7-8-14(21-16(20)10-15(18)19)13(6-5-9-17)12(11)4-2/h7-8H,3-6,10H2,1-2H3,(H,18,19). The van der Waals surface area contributed by atoms with E-state index in [1.165, 1.54) is 0 Å². The molecule has 0 aliphatic carbocycles. The van der Waals surface area contributed by atoms with Crippen molar-refractivity contribution in [3.05, 3.63) is 28.8 Å². The molecule has 112 valence electrons. The molecule has 0 fully saturated rings. The van der Waals surface area contributed by atoms with Crippen LogP contribution in [0.15, 0.2) is 12.1 Å². The van der Waals surface area contributed by atoms with Gasteiger partial charge in [-0.1, -0.05) is 19.9 Å². The molecule has 1 rings (SSSR count). The molecule has 1 N–H and O–H groups in total. The van der Waals surface area contributed by atoms with Crippen molar-refractivity contribution >= 4 is 11.9 Å². The van der Waals surface area contributed by atoms with Crippen LogP contribution in [0.3, 0.4) is 0 Å². The van der Waals surface area contributed by atoms with Gasteiger partial charge >= 0.3 is 11.9 Å². The summed E-state index contributed by atoms with van der Waals surface area (Å²) in [6.45, 7) is 4.05. The van der Waals surface area contributed by atoms with Gasteiger partial charge in [0.25, 0.3) is 0 Å². The summed E-state index contributed by atoms with van der Waals surface area (Å²) >= 11 is 0. The number of carboxylic acids is 1. The fraction of sp³-hybridized carbons (Fsp3) is 0.438. The molecule has 1 aromatic rings. The molecule has 0 saturated carbocycles. The third-order valence-electron chi connectivity index (χ3n) is 3.23. The number of aliphatic carboxylic acids is 1. The topological polar surface area (TPSA) is 87.4 Å². The van der Waals surface area contributed by atoms with Crippen LogP contribution in [0.5, 0.6) is 5.75 Å². The van der Waals surface area contributed by atoms with E-state index in [4.69, 9.17) is 15.1 Å². The molecule has 0 bridgehead atoms. The van der Waals surface area contributed by atoms with Crippen LogP contribution in [-0.4, -0.2) is 17.0 Å². The van der Waals surface area contributed by atoms with Crippen molar-refractivity contribution in [2.45, 2.75) is 46.0 Å². The summed E-state index contributed by atoms with van der Waals surface area (Å²) in [5, 5.41) is 17.4. The summed E-state index contributed by atoms with van der Waals surface area (Å²) in [6.07, 6.45) is 1.77. The number of esters is 1. The van der Waals surface area contributed by atoms with Crippen molar-refractivity contribution in [3.63, 3.8) is 0 Å². The maximum Gasteiger partial charge on any atom is 0.322 e. The van der Waals surface area contributed by atoms with Crippen molar-refractivity contribution in [1.82, 2.24) is 0 Å². The first-order valence-electron chi connectivity index (χ1n) is 6.96. The Balaban J connectivity index is 3.15. The lowest BCUT2D eigenvalue weighted by Gasteiger charge is -2.16. The van der Waals surface area contributed by atoms with Gasteiger partial charge in [-0.2, -0.15) is 5.26 Å². The van der Waals surface area contributed by atoms with Crippen LogP contribution in [0.1, 0.15) is 43.4 Å². The predicted octanol–water partition coefficient (Wildman–Crippen LogP) is 2.65. The molecule has 0 aliphatic rings. The number of hydrogen-bond donors (Lipinski definition) is 1. The fourth-order valence-corrected chi connectivity index (χ4v) is 2.32. The predicted molar refractivity (Wildman–Crippen MR) is 77.0 cm³/mol. The number of carboxylic acid groups (broad SMARTS) is 1. The van der Waals surface area contributed by atoms with Crippen LogP contribution in [-0.2, 0) is 28.9 Å². The van der Waals surface area contributed by atoms with Crippen LogP contribution in [0.25, 0.3) is 0 Å². The van der Waals surface area contributed by atoms with E-state index in [2.05, 4.69) is 6.07 Å². The lowest BCUT2D eigenvalue weighted by atomic mass is 9.93. The Morgan fingerprint density at radius 3 is 2.48 bits per heavy atom. The third kappa shape index (κ3) is 4.60. The first-order valence-corrected chi connectivity index (χ1v) is 6.96. The van der Waals surface area contributed by atoms with E-state index in [0.717, 1.165) is 29.5 Å². The molecule has 0 radical (unpaired) electrons. The van der Waals surface area contributed by atoms with Gasteiger partial charge in [0.2, 0.25) is 0 Å². The molecule has 0 spiro atoms. The fourth-order valence-electron chi connectivity index (χ4n) is 2.32. The van der Waals surface area contributed by atoms with E-state index in [1.54, 1.807) is 6.07 Å². The molecule has 5 nitrogen and oxygen atoms in total. The number of nitrogens with zero attached hydrogens (tertiary/aromatic N) is 1. The molecule has 0 heterocycles. The smallest absolute Gasteiger partial charge is 0.322 e. The van der Waals surface area contributed by atoms with Gasteiger partial charge in [0.05, 0.1) is 6.07 Å². The van der Waals surface area contributed by atoms with Gasteiger partial charge in [-0.05, 0) is 42.0 Å². The minimum Gasteiger partial charge on any atom is -0.481 e. The van der Waals surface area contributed by atoms with Crippen LogP contribution in [0.2, 0.25) is 0 Å². The number of aryl methyl sites for hydroxylation is 1. The number of hydrogen-bond acceptors (Lipinski definition) is 4. The van der Waals surface area contributed by atoms with Gasteiger partial charge in [0.1, 0.15) is 12.2 Å². The first kappa shape index (κ1) is 16.7. The summed E-state index contributed by atoms with van der Waals surface area (Å²) in [5.41, 5.74) is 3.06. The van der Waals surface area contributed by atoms with Gasteiger partial charge in [-0.3, -0.25) is 9.59 Å². The zero-order chi connectivity index (χ0) is 15.8. The van der Waals surface area contributed by atoms with Crippen LogP contribution >= 0.6 is 0 Å². The van der Waals surface area contributed by atoms with Crippen LogP contribution < -0.4 is 4.74 Å². The average molecular weight is 289 g/mol. The SMILES string of the molecule is CCc1ccc(OC(=O)CC(=O)O)c(CCC#N)c1CC. The van der Waals surface area contributed by atoms with Crippen LogP contribution in [0, 0.1) is 11.3 Å². The Morgan fingerprint density at radius 1 is 1.24 bits per heavy atom. The molecule has 0 saturated heterocycles. The minimum absolute atomic E-state index is 0.323. The highest BCUT2D eigenvalue weighted by atomic mass is 16.5. The second-order valence-electron chi connectivity index (χ2n) is 4.59. The Labute approximate surface area is 124 Å².